The number of carbonyl (C=O) groups is 1. The van der Waals surface area contributed by atoms with Crippen molar-refractivity contribution in [2.45, 2.75) is 82.1 Å². The summed E-state index contributed by atoms with van der Waals surface area (Å²) in [4.78, 5) is 19.9. The van der Waals surface area contributed by atoms with Crippen LogP contribution in [0.4, 0.5) is 19.2 Å². The molecule has 2 aliphatic heterocycles. The van der Waals surface area contributed by atoms with Gasteiger partial charge in [-0.1, -0.05) is 42.8 Å². The first kappa shape index (κ1) is 37.1. The van der Waals surface area contributed by atoms with Gasteiger partial charge in [0.15, 0.2) is 5.82 Å². The second-order valence-electron chi connectivity index (χ2n) is 12.7. The second-order valence-corrected chi connectivity index (χ2v) is 14.2. The lowest BCUT2D eigenvalue weighted by molar-refractivity contribution is -0.133. The van der Waals surface area contributed by atoms with Crippen molar-refractivity contribution in [3.05, 3.63) is 65.2 Å². The Balaban J connectivity index is 0.000000401. The summed E-state index contributed by atoms with van der Waals surface area (Å²) in [6.45, 7) is 7.47. The van der Waals surface area contributed by atoms with E-state index in [-0.39, 0.29) is 35.8 Å². The van der Waals surface area contributed by atoms with Crippen molar-refractivity contribution < 1.29 is 40.2 Å². The van der Waals surface area contributed by atoms with E-state index < -0.39 is 40.4 Å². The van der Waals surface area contributed by atoms with Gasteiger partial charge in [-0.2, -0.15) is 13.4 Å². The molecule has 0 bridgehead atoms. The molecule has 1 amide bonds. The largest absolute Gasteiger partial charge is 0.493 e. The molecule has 264 valence electrons. The molecule has 3 N–H and O–H groups in total. The summed E-state index contributed by atoms with van der Waals surface area (Å²) in [6.07, 6.45) is 3.51. The number of rotatable bonds is 11. The summed E-state index contributed by atoms with van der Waals surface area (Å²) in [5.41, 5.74) is 7.11. The Bertz CT molecular complexity index is 1610. The molecule has 1 aromatic heterocycles. The van der Waals surface area contributed by atoms with Crippen LogP contribution in [0.15, 0.2) is 51.9 Å². The topological polar surface area (TPSA) is 152 Å². The number of likely N-dealkylation sites (tertiary alicyclic amines) is 1. The molecule has 2 fully saturated rings. The summed E-state index contributed by atoms with van der Waals surface area (Å²) in [7, 11) is -4.02. The van der Waals surface area contributed by atoms with Gasteiger partial charge in [0.05, 0.1) is 24.1 Å². The second kappa shape index (κ2) is 16.1. The molecular weight excluding hydrogens is 651 g/mol. The van der Waals surface area contributed by atoms with E-state index >= 15 is 0 Å². The molecule has 2 aromatic carbocycles. The molecule has 1 atom stereocenters. The zero-order chi connectivity index (χ0) is 35.1. The van der Waals surface area contributed by atoms with Gasteiger partial charge in [0.1, 0.15) is 11.6 Å². The van der Waals surface area contributed by atoms with Crippen LogP contribution in [0.3, 0.4) is 0 Å². The fourth-order valence-electron chi connectivity index (χ4n) is 5.54. The minimum absolute atomic E-state index is 0.0360. The summed E-state index contributed by atoms with van der Waals surface area (Å²) in [5, 5.41) is 4.03. The van der Waals surface area contributed by atoms with E-state index in [0.717, 1.165) is 55.1 Å². The first-order valence-corrected chi connectivity index (χ1v) is 17.5. The minimum Gasteiger partial charge on any atom is -0.493 e. The van der Waals surface area contributed by atoms with Crippen LogP contribution in [0, 0.1) is 18.7 Å². The Morgan fingerprint density at radius 1 is 1.15 bits per heavy atom. The van der Waals surface area contributed by atoms with Gasteiger partial charge in [-0.25, -0.2) is 13.2 Å². The first-order chi connectivity index (χ1) is 22.6. The predicted molar refractivity (Wildman–Crippen MR) is 173 cm³/mol. The van der Waals surface area contributed by atoms with Gasteiger partial charge in [0, 0.05) is 38.0 Å². The van der Waals surface area contributed by atoms with Gasteiger partial charge in [-0.05, 0) is 68.7 Å². The third kappa shape index (κ3) is 10.7. The van der Waals surface area contributed by atoms with E-state index in [4.69, 9.17) is 19.5 Å². The predicted octanol–water partition coefficient (Wildman–Crippen LogP) is 5.39. The van der Waals surface area contributed by atoms with Gasteiger partial charge >= 0.3 is 6.01 Å². The van der Waals surface area contributed by atoms with Crippen LogP contribution in [-0.2, 0) is 21.3 Å². The van der Waals surface area contributed by atoms with Crippen LogP contribution in [0.25, 0.3) is 0 Å². The molecule has 3 aromatic rings. The molecule has 2 saturated heterocycles. The zero-order valence-electron chi connectivity index (χ0n) is 27.4. The molecule has 0 spiro atoms. The van der Waals surface area contributed by atoms with Crippen molar-refractivity contribution in [1.29, 1.82) is 0 Å². The maximum absolute atomic E-state index is 14.6. The first-order valence-electron chi connectivity index (χ1n) is 16.1. The van der Waals surface area contributed by atoms with Crippen LogP contribution in [-0.4, -0.2) is 78.7 Å². The maximum Gasteiger partial charge on any atom is 0.324 e. The van der Waals surface area contributed by atoms with Crippen molar-refractivity contribution in [1.82, 2.24) is 15.0 Å². The lowest BCUT2D eigenvalue weighted by Gasteiger charge is -2.30. The quantitative estimate of drug-likeness (QED) is 0.197. The number of aryl methyl sites for hydroxylation is 1. The molecule has 48 heavy (non-hydrogen) atoms. The third-order valence-corrected chi connectivity index (χ3v) is 9.31. The van der Waals surface area contributed by atoms with E-state index in [1.807, 2.05) is 20.8 Å². The van der Waals surface area contributed by atoms with Gasteiger partial charge in [-0.15, -0.1) is 0 Å². The average molecular weight is 696 g/mol. The van der Waals surface area contributed by atoms with Crippen LogP contribution < -0.4 is 15.4 Å². The summed E-state index contributed by atoms with van der Waals surface area (Å²) >= 11 is 0. The number of hydrogen-bond acceptors (Lipinski definition) is 9. The fourth-order valence-corrected chi connectivity index (χ4v) is 6.02. The van der Waals surface area contributed by atoms with Crippen molar-refractivity contribution in [2.24, 2.45) is 11.7 Å². The molecule has 0 unspecified atom stereocenters. The molecule has 11 nitrogen and oxygen atoms in total. The number of nitrogens with two attached hydrogens (primary N) is 1. The summed E-state index contributed by atoms with van der Waals surface area (Å²) < 4.78 is 82.0. The summed E-state index contributed by atoms with van der Waals surface area (Å²) in [6, 6.07) is 9.98. The standard InChI is InChI=1S/C26H36F3N5O3.C7H8O3S/c1-17(2)23-31-25(37-32-23)33-10-7-18(8-11-33)4-3-13-36-20-6-5-19(21(27)15-20)14-22(30)24(35)34-12-9-26(28,29)16-34;1-6-2-4-7(5-3-6)11(8,9)10/h5-6,15,17-18,22H,3-4,7-14,16,30H2,1-2H3;2-5H,1H3,(H,8,9,10)/t22-;/m0./s1. The molecule has 0 saturated carbocycles. The van der Waals surface area contributed by atoms with Gasteiger partial charge < -0.3 is 24.8 Å². The highest BCUT2D eigenvalue weighted by Crippen LogP contribution is 2.28. The zero-order valence-corrected chi connectivity index (χ0v) is 28.3. The highest BCUT2D eigenvalue weighted by atomic mass is 32.2. The van der Waals surface area contributed by atoms with E-state index in [1.165, 1.54) is 24.3 Å². The van der Waals surface area contributed by atoms with Crippen LogP contribution >= 0.6 is 0 Å². The third-order valence-electron chi connectivity index (χ3n) is 8.44. The number of anilines is 1. The SMILES string of the molecule is CC(C)c1noc(N2CCC(CCCOc3ccc(C[C@H](N)C(=O)N4CCC(F)(F)C4)c(F)c3)CC2)n1.Cc1ccc(S(=O)(=O)O)cc1. The molecule has 5 rings (SSSR count). The van der Waals surface area contributed by atoms with Crippen LogP contribution in [0.5, 0.6) is 5.75 Å². The smallest absolute Gasteiger partial charge is 0.324 e. The molecule has 3 heterocycles. The minimum atomic E-state index is -4.02. The highest BCUT2D eigenvalue weighted by Gasteiger charge is 2.41. The lowest BCUT2D eigenvalue weighted by Crippen LogP contribution is -2.44. The number of amides is 1. The molecule has 0 radical (unpaired) electrons. The average Bonchev–Trinajstić information content (AvgIpc) is 3.67. The molecule has 15 heteroatoms. The number of ether oxygens (including phenoxy) is 1. The van der Waals surface area contributed by atoms with Gasteiger partial charge in [0.25, 0.3) is 16.0 Å². The normalized spacial score (nSPS) is 17.3. The number of carbonyl (C=O) groups excluding carboxylic acids is 1. The van der Waals surface area contributed by atoms with E-state index in [9.17, 15) is 26.4 Å². The Morgan fingerprint density at radius 2 is 1.83 bits per heavy atom. The highest BCUT2D eigenvalue weighted by molar-refractivity contribution is 7.85. The van der Waals surface area contributed by atoms with Crippen molar-refractivity contribution >= 4 is 22.0 Å². The molecule has 2 aliphatic rings. The number of aromatic nitrogens is 2. The van der Waals surface area contributed by atoms with E-state index in [2.05, 4.69) is 15.0 Å². The Hall–Kier alpha value is -3.69. The van der Waals surface area contributed by atoms with Gasteiger partial charge in [0.2, 0.25) is 5.91 Å². The number of hydrogen-bond donors (Lipinski definition) is 2. The molecule has 0 aliphatic carbocycles. The Kier molecular flexibility index (Phi) is 12.5. The number of nitrogens with zero attached hydrogens (tertiary/aromatic N) is 4. The monoisotopic (exact) mass is 695 g/mol. The fraction of sp³-hybridized carbons (Fsp3) is 0.545. The van der Waals surface area contributed by atoms with E-state index in [0.29, 0.717) is 24.3 Å². The molecular formula is C33H44F3N5O6S. The van der Waals surface area contributed by atoms with Gasteiger partial charge in [-0.3, -0.25) is 9.35 Å². The number of halogens is 3. The van der Waals surface area contributed by atoms with Crippen LogP contribution in [0.1, 0.15) is 68.8 Å². The van der Waals surface area contributed by atoms with Crippen LogP contribution in [0.2, 0.25) is 0 Å². The van der Waals surface area contributed by atoms with Crippen molar-refractivity contribution in [2.75, 3.05) is 37.7 Å². The number of benzene rings is 2. The van der Waals surface area contributed by atoms with Crippen molar-refractivity contribution in [3.63, 3.8) is 0 Å². The lowest BCUT2D eigenvalue weighted by atomic mass is 9.92. The Morgan fingerprint density at radius 3 is 2.40 bits per heavy atom. The maximum atomic E-state index is 14.6. The number of alkyl halides is 2. The number of piperidine rings is 1. The van der Waals surface area contributed by atoms with Crippen molar-refractivity contribution in [3.8, 4) is 5.75 Å². The Labute approximate surface area is 279 Å². The van der Waals surface area contributed by atoms with E-state index in [1.54, 1.807) is 18.2 Å². The summed E-state index contributed by atoms with van der Waals surface area (Å²) in [5.74, 6) is -2.04.